The first kappa shape index (κ1) is 8.10. The second-order valence-electron chi connectivity index (χ2n) is 2.92. The zero-order chi connectivity index (χ0) is 8.55. The van der Waals surface area contributed by atoms with Crippen LogP contribution in [-0.4, -0.2) is 15.6 Å². The van der Waals surface area contributed by atoms with Crippen molar-refractivity contribution in [1.82, 2.24) is 5.06 Å². The van der Waals surface area contributed by atoms with Gasteiger partial charge in [-0.05, 0) is 18.6 Å². The van der Waals surface area contributed by atoms with Gasteiger partial charge in [-0.3, -0.25) is 0 Å². The average molecular weight is 181 g/mol. The number of hydrogen-bond acceptors (Lipinski definition) is 3. The molecule has 0 fully saturated rings. The van der Waals surface area contributed by atoms with Crippen molar-refractivity contribution in [1.29, 1.82) is 0 Å². The predicted octanol–water partition coefficient (Wildman–Crippen LogP) is 2.33. The van der Waals surface area contributed by atoms with Gasteiger partial charge in [-0.1, -0.05) is 18.2 Å². The van der Waals surface area contributed by atoms with E-state index in [0.717, 1.165) is 0 Å². The van der Waals surface area contributed by atoms with Crippen molar-refractivity contribution in [2.24, 2.45) is 0 Å². The van der Waals surface area contributed by atoms with E-state index in [2.05, 4.69) is 12.1 Å². The van der Waals surface area contributed by atoms with Crippen molar-refractivity contribution in [3.05, 3.63) is 29.8 Å². The molecule has 1 atom stereocenters. The summed E-state index contributed by atoms with van der Waals surface area (Å²) >= 11 is 1.70. The summed E-state index contributed by atoms with van der Waals surface area (Å²) in [6.45, 7) is 2.64. The lowest BCUT2D eigenvalue weighted by atomic mass is 10.2. The molecule has 1 heterocycles. The maximum absolute atomic E-state index is 9.44. The van der Waals surface area contributed by atoms with Crippen LogP contribution in [0.4, 0.5) is 0 Å². The Bertz CT molecular complexity index is 261. The molecule has 0 saturated carbocycles. The van der Waals surface area contributed by atoms with Gasteiger partial charge in [-0.2, -0.15) is 5.06 Å². The van der Waals surface area contributed by atoms with Crippen molar-refractivity contribution < 1.29 is 5.21 Å². The molecule has 1 unspecified atom stereocenters. The van der Waals surface area contributed by atoms with Crippen LogP contribution in [0.5, 0.6) is 0 Å². The Labute approximate surface area is 76.2 Å². The number of thioether (sulfide) groups is 1. The van der Waals surface area contributed by atoms with E-state index < -0.39 is 0 Å². The van der Waals surface area contributed by atoms with Gasteiger partial charge in [0.1, 0.15) is 0 Å². The minimum absolute atomic E-state index is 0.167. The Balaban J connectivity index is 2.34. The van der Waals surface area contributed by atoms with Crippen LogP contribution in [0.15, 0.2) is 29.2 Å². The molecular weight excluding hydrogens is 170 g/mol. The normalized spacial score (nSPS) is 23.7. The third kappa shape index (κ3) is 1.35. The topological polar surface area (TPSA) is 23.5 Å². The van der Waals surface area contributed by atoms with Crippen LogP contribution < -0.4 is 0 Å². The SMILES string of the molecule is CC1Sc2ccccc2CN1O. The Morgan fingerprint density at radius 2 is 2.25 bits per heavy atom. The fourth-order valence-electron chi connectivity index (χ4n) is 1.30. The predicted molar refractivity (Wildman–Crippen MR) is 49.1 cm³/mol. The van der Waals surface area contributed by atoms with E-state index in [0.29, 0.717) is 6.54 Å². The standard InChI is InChI=1S/C9H11NOS/c1-7-10(11)6-8-4-2-3-5-9(8)12-7/h2-5,7,11H,6H2,1H3. The molecule has 0 spiro atoms. The van der Waals surface area contributed by atoms with Crippen LogP contribution in [0, 0.1) is 0 Å². The van der Waals surface area contributed by atoms with E-state index in [4.69, 9.17) is 0 Å². The monoisotopic (exact) mass is 181 g/mol. The van der Waals surface area contributed by atoms with Crippen LogP contribution in [0.1, 0.15) is 12.5 Å². The molecule has 0 saturated heterocycles. The van der Waals surface area contributed by atoms with E-state index in [9.17, 15) is 5.21 Å². The number of rotatable bonds is 0. The van der Waals surface area contributed by atoms with Gasteiger partial charge >= 0.3 is 0 Å². The van der Waals surface area contributed by atoms with Crippen LogP contribution in [0.2, 0.25) is 0 Å². The summed E-state index contributed by atoms with van der Waals surface area (Å²) in [7, 11) is 0. The van der Waals surface area contributed by atoms with E-state index >= 15 is 0 Å². The molecular formula is C9H11NOS. The van der Waals surface area contributed by atoms with E-state index in [-0.39, 0.29) is 5.37 Å². The molecule has 1 aromatic rings. The van der Waals surface area contributed by atoms with Crippen molar-refractivity contribution in [3.8, 4) is 0 Å². The number of hydrogen-bond donors (Lipinski definition) is 1. The van der Waals surface area contributed by atoms with Gasteiger partial charge < -0.3 is 5.21 Å². The largest absolute Gasteiger partial charge is 0.313 e. The fraction of sp³-hybridized carbons (Fsp3) is 0.333. The number of nitrogens with zero attached hydrogens (tertiary/aromatic N) is 1. The Hall–Kier alpha value is -0.510. The summed E-state index contributed by atoms with van der Waals surface area (Å²) in [6.07, 6.45) is 0. The number of hydroxylamine groups is 2. The molecule has 0 aliphatic carbocycles. The Morgan fingerprint density at radius 1 is 1.50 bits per heavy atom. The van der Waals surface area contributed by atoms with E-state index in [1.54, 1.807) is 11.8 Å². The summed E-state index contributed by atoms with van der Waals surface area (Å²) < 4.78 is 0. The van der Waals surface area contributed by atoms with Crippen molar-refractivity contribution >= 4 is 11.8 Å². The average Bonchev–Trinajstić information content (AvgIpc) is 2.07. The van der Waals surface area contributed by atoms with Crippen LogP contribution in [0.3, 0.4) is 0 Å². The van der Waals surface area contributed by atoms with Crippen LogP contribution in [-0.2, 0) is 6.54 Å². The molecule has 1 aliphatic heterocycles. The highest BCUT2D eigenvalue weighted by Crippen LogP contribution is 2.33. The molecule has 3 heteroatoms. The molecule has 0 radical (unpaired) electrons. The smallest absolute Gasteiger partial charge is 0.0825 e. The van der Waals surface area contributed by atoms with E-state index in [1.807, 2.05) is 19.1 Å². The Morgan fingerprint density at radius 3 is 3.08 bits per heavy atom. The molecule has 0 aromatic heterocycles. The first-order valence-electron chi connectivity index (χ1n) is 3.97. The van der Waals surface area contributed by atoms with Crippen molar-refractivity contribution in [3.63, 3.8) is 0 Å². The summed E-state index contributed by atoms with van der Waals surface area (Å²) in [4.78, 5) is 1.29. The third-order valence-corrected chi connectivity index (χ3v) is 3.26. The second-order valence-corrected chi connectivity index (χ2v) is 4.28. The van der Waals surface area contributed by atoms with Gasteiger partial charge in [0, 0.05) is 4.90 Å². The van der Waals surface area contributed by atoms with Gasteiger partial charge in [0.05, 0.1) is 11.9 Å². The first-order chi connectivity index (χ1) is 5.77. The van der Waals surface area contributed by atoms with Crippen LogP contribution in [0.25, 0.3) is 0 Å². The lowest BCUT2D eigenvalue weighted by Crippen LogP contribution is -2.29. The lowest BCUT2D eigenvalue weighted by Gasteiger charge is -2.28. The fourth-order valence-corrected chi connectivity index (χ4v) is 2.30. The highest BCUT2D eigenvalue weighted by molar-refractivity contribution is 8.00. The summed E-state index contributed by atoms with van der Waals surface area (Å²) in [5, 5.41) is 11.0. The molecule has 0 bridgehead atoms. The van der Waals surface area contributed by atoms with Gasteiger partial charge in [0.2, 0.25) is 0 Å². The quantitative estimate of drug-likeness (QED) is 0.664. The Kier molecular flexibility index (Phi) is 2.09. The molecule has 64 valence electrons. The minimum atomic E-state index is 0.167. The van der Waals surface area contributed by atoms with Gasteiger partial charge in [0.25, 0.3) is 0 Å². The number of benzene rings is 1. The summed E-state index contributed by atoms with van der Waals surface area (Å²) in [5.74, 6) is 0. The molecule has 1 N–H and O–H groups in total. The molecule has 12 heavy (non-hydrogen) atoms. The third-order valence-electron chi connectivity index (χ3n) is 2.02. The van der Waals surface area contributed by atoms with Crippen molar-refractivity contribution in [2.75, 3.05) is 0 Å². The first-order valence-corrected chi connectivity index (χ1v) is 4.85. The van der Waals surface area contributed by atoms with Crippen LogP contribution >= 0.6 is 11.8 Å². The lowest BCUT2D eigenvalue weighted by molar-refractivity contribution is -0.108. The molecule has 2 nitrogen and oxygen atoms in total. The molecule has 1 aliphatic rings. The molecule has 1 aromatic carbocycles. The maximum Gasteiger partial charge on any atom is 0.0825 e. The van der Waals surface area contributed by atoms with Gasteiger partial charge in [0.15, 0.2) is 0 Å². The minimum Gasteiger partial charge on any atom is -0.313 e. The summed E-state index contributed by atoms with van der Waals surface area (Å²) in [6, 6.07) is 8.19. The highest BCUT2D eigenvalue weighted by Gasteiger charge is 2.20. The van der Waals surface area contributed by atoms with E-state index in [1.165, 1.54) is 15.5 Å². The number of fused-ring (bicyclic) bond motifs is 1. The highest BCUT2D eigenvalue weighted by atomic mass is 32.2. The van der Waals surface area contributed by atoms with Crippen molar-refractivity contribution in [2.45, 2.75) is 23.7 Å². The molecule has 2 rings (SSSR count). The summed E-state index contributed by atoms with van der Waals surface area (Å²) in [5.41, 5.74) is 1.21. The van der Waals surface area contributed by atoms with Gasteiger partial charge in [-0.25, -0.2) is 0 Å². The van der Waals surface area contributed by atoms with Gasteiger partial charge in [-0.15, -0.1) is 11.8 Å². The second kappa shape index (κ2) is 3.09. The molecule has 0 amide bonds. The zero-order valence-corrected chi connectivity index (χ0v) is 7.71. The maximum atomic E-state index is 9.44. The zero-order valence-electron chi connectivity index (χ0n) is 6.90.